The Morgan fingerprint density at radius 1 is 1.10 bits per heavy atom. The molecule has 2 fully saturated rings. The van der Waals surface area contributed by atoms with E-state index in [1.165, 1.54) is 25.7 Å². The van der Waals surface area contributed by atoms with E-state index in [0.29, 0.717) is 32.3 Å². The van der Waals surface area contributed by atoms with Crippen LogP contribution in [0.2, 0.25) is 0 Å². The zero-order chi connectivity index (χ0) is 15.1. The van der Waals surface area contributed by atoms with Crippen molar-refractivity contribution in [3.8, 4) is 0 Å². The molecule has 0 bridgehead atoms. The predicted molar refractivity (Wildman–Crippen MR) is 80.0 cm³/mol. The molecule has 1 heterocycles. The fourth-order valence-corrected chi connectivity index (χ4v) is 3.07. The summed E-state index contributed by atoms with van der Waals surface area (Å²) in [6.45, 7) is 3.92. The molecule has 6 nitrogen and oxygen atoms in total. The molecule has 2 rings (SSSR count). The van der Waals surface area contributed by atoms with Gasteiger partial charge in [-0.15, -0.1) is 0 Å². The minimum Gasteiger partial charge on any atom is -0.450 e. The molecule has 1 saturated heterocycles. The Hall–Kier alpha value is -1.30. The van der Waals surface area contributed by atoms with E-state index in [9.17, 15) is 9.59 Å². The average molecular weight is 297 g/mol. The van der Waals surface area contributed by atoms with Crippen molar-refractivity contribution < 1.29 is 14.3 Å². The highest BCUT2D eigenvalue weighted by Crippen LogP contribution is 2.17. The molecule has 120 valence electrons. The van der Waals surface area contributed by atoms with Crippen LogP contribution in [0.4, 0.5) is 4.79 Å². The van der Waals surface area contributed by atoms with E-state index in [4.69, 9.17) is 4.74 Å². The molecule has 21 heavy (non-hydrogen) atoms. The summed E-state index contributed by atoms with van der Waals surface area (Å²) in [7, 11) is 0. The number of hydrogen-bond acceptors (Lipinski definition) is 4. The molecule has 1 aliphatic heterocycles. The van der Waals surface area contributed by atoms with Crippen molar-refractivity contribution in [2.24, 2.45) is 0 Å². The van der Waals surface area contributed by atoms with E-state index < -0.39 is 0 Å². The van der Waals surface area contributed by atoms with Gasteiger partial charge in [-0.3, -0.25) is 4.79 Å². The maximum absolute atomic E-state index is 11.9. The van der Waals surface area contributed by atoms with E-state index >= 15 is 0 Å². The molecule has 0 aromatic heterocycles. The second-order valence-corrected chi connectivity index (χ2v) is 5.89. The van der Waals surface area contributed by atoms with Crippen LogP contribution in [0, 0.1) is 0 Å². The number of ether oxygens (including phenoxy) is 1. The number of rotatable bonds is 5. The lowest BCUT2D eigenvalue weighted by molar-refractivity contribution is -0.121. The van der Waals surface area contributed by atoms with E-state index in [2.05, 4.69) is 10.6 Å². The highest BCUT2D eigenvalue weighted by atomic mass is 16.6. The van der Waals surface area contributed by atoms with Crippen molar-refractivity contribution in [3.05, 3.63) is 0 Å². The summed E-state index contributed by atoms with van der Waals surface area (Å²) in [5.41, 5.74) is 0. The quantitative estimate of drug-likeness (QED) is 0.801. The molecular weight excluding hydrogens is 270 g/mol. The van der Waals surface area contributed by atoms with Crippen LogP contribution in [0.25, 0.3) is 0 Å². The second kappa shape index (κ2) is 8.22. The molecule has 0 aromatic carbocycles. The molecule has 0 radical (unpaired) electrons. The van der Waals surface area contributed by atoms with Gasteiger partial charge >= 0.3 is 6.09 Å². The van der Waals surface area contributed by atoms with Crippen LogP contribution in [0.15, 0.2) is 0 Å². The number of carbonyl (C=O) groups is 2. The molecule has 6 heteroatoms. The minimum atomic E-state index is -0.245. The van der Waals surface area contributed by atoms with Gasteiger partial charge in [-0.05, 0) is 32.6 Å². The summed E-state index contributed by atoms with van der Waals surface area (Å²) in [5.74, 6) is 0.0662. The Balaban J connectivity index is 1.61. The van der Waals surface area contributed by atoms with Crippen LogP contribution >= 0.6 is 0 Å². The van der Waals surface area contributed by atoms with Crippen LogP contribution < -0.4 is 10.6 Å². The predicted octanol–water partition coefficient (Wildman–Crippen LogP) is 1.26. The largest absolute Gasteiger partial charge is 0.450 e. The molecular formula is C15H27N3O3. The third-order valence-corrected chi connectivity index (χ3v) is 4.29. The number of piperidine rings is 1. The maximum Gasteiger partial charge on any atom is 0.409 e. The van der Waals surface area contributed by atoms with E-state index in [-0.39, 0.29) is 18.0 Å². The molecule has 1 aliphatic carbocycles. The van der Waals surface area contributed by atoms with E-state index in [1.807, 2.05) is 6.92 Å². The second-order valence-electron chi connectivity index (χ2n) is 5.89. The zero-order valence-electron chi connectivity index (χ0n) is 12.9. The number of carbonyl (C=O) groups excluding carboxylic acids is 2. The highest BCUT2D eigenvalue weighted by molar-refractivity contribution is 5.78. The first-order valence-electron chi connectivity index (χ1n) is 8.13. The SMILES string of the molecule is CCOC(=O)N1CCC(NC(=O)CNC2CCCC2)CC1. The summed E-state index contributed by atoms with van der Waals surface area (Å²) in [6, 6.07) is 0.690. The van der Waals surface area contributed by atoms with Crippen LogP contribution in [0.3, 0.4) is 0 Å². The van der Waals surface area contributed by atoms with Gasteiger partial charge < -0.3 is 20.3 Å². The van der Waals surface area contributed by atoms with Gasteiger partial charge in [0.1, 0.15) is 0 Å². The fraction of sp³-hybridized carbons (Fsp3) is 0.867. The maximum atomic E-state index is 11.9. The van der Waals surface area contributed by atoms with Crippen LogP contribution in [0.5, 0.6) is 0 Å². The Labute approximate surface area is 126 Å². The first-order valence-corrected chi connectivity index (χ1v) is 8.13. The number of hydrogen-bond donors (Lipinski definition) is 2. The topological polar surface area (TPSA) is 70.7 Å². The summed E-state index contributed by atoms with van der Waals surface area (Å²) >= 11 is 0. The first-order chi connectivity index (χ1) is 10.2. The highest BCUT2D eigenvalue weighted by Gasteiger charge is 2.24. The van der Waals surface area contributed by atoms with Crippen LogP contribution in [-0.4, -0.2) is 55.2 Å². The van der Waals surface area contributed by atoms with Crippen molar-refractivity contribution in [2.45, 2.75) is 57.5 Å². The molecule has 0 unspecified atom stereocenters. The number of likely N-dealkylation sites (tertiary alicyclic amines) is 1. The molecule has 1 saturated carbocycles. The average Bonchev–Trinajstić information content (AvgIpc) is 2.99. The third-order valence-electron chi connectivity index (χ3n) is 4.29. The standard InChI is InChI=1S/C15H27N3O3/c1-2-21-15(20)18-9-7-13(8-10-18)17-14(19)11-16-12-5-3-4-6-12/h12-13,16H,2-11H2,1H3,(H,17,19). The fourth-order valence-electron chi connectivity index (χ4n) is 3.07. The first kappa shape index (κ1) is 16.1. The van der Waals surface area contributed by atoms with Crippen molar-refractivity contribution >= 4 is 12.0 Å². The normalized spacial score (nSPS) is 20.5. The Morgan fingerprint density at radius 2 is 1.76 bits per heavy atom. The van der Waals surface area contributed by atoms with Crippen molar-refractivity contribution in [1.29, 1.82) is 0 Å². The number of nitrogens with one attached hydrogen (secondary N) is 2. The van der Waals surface area contributed by atoms with Gasteiger partial charge in [0.15, 0.2) is 0 Å². The van der Waals surface area contributed by atoms with Gasteiger partial charge in [-0.25, -0.2) is 4.79 Å². The molecule has 0 aromatic rings. The van der Waals surface area contributed by atoms with Crippen molar-refractivity contribution in [1.82, 2.24) is 15.5 Å². The smallest absolute Gasteiger partial charge is 0.409 e. The summed E-state index contributed by atoms with van der Waals surface area (Å²) in [5, 5.41) is 6.37. The zero-order valence-corrected chi connectivity index (χ0v) is 12.9. The molecule has 2 amide bonds. The monoisotopic (exact) mass is 297 g/mol. The molecule has 2 N–H and O–H groups in total. The number of amides is 2. The summed E-state index contributed by atoms with van der Waals surface area (Å²) in [6.07, 6.45) is 6.26. The van der Waals surface area contributed by atoms with E-state index in [0.717, 1.165) is 12.8 Å². The van der Waals surface area contributed by atoms with Gasteiger partial charge in [0.25, 0.3) is 0 Å². The molecule has 0 atom stereocenters. The van der Waals surface area contributed by atoms with Crippen LogP contribution in [-0.2, 0) is 9.53 Å². The summed E-state index contributed by atoms with van der Waals surface area (Å²) in [4.78, 5) is 25.2. The van der Waals surface area contributed by atoms with Gasteiger partial charge in [0.05, 0.1) is 13.2 Å². The van der Waals surface area contributed by atoms with Crippen molar-refractivity contribution in [3.63, 3.8) is 0 Å². The lowest BCUT2D eigenvalue weighted by atomic mass is 10.1. The Bertz CT molecular complexity index is 348. The lowest BCUT2D eigenvalue weighted by Crippen LogP contribution is -2.49. The lowest BCUT2D eigenvalue weighted by Gasteiger charge is -2.31. The van der Waals surface area contributed by atoms with Crippen molar-refractivity contribution in [2.75, 3.05) is 26.2 Å². The van der Waals surface area contributed by atoms with Gasteiger partial charge in [0.2, 0.25) is 5.91 Å². The van der Waals surface area contributed by atoms with Gasteiger partial charge in [0, 0.05) is 25.2 Å². The molecule has 2 aliphatic rings. The Kier molecular flexibility index (Phi) is 6.29. The minimum absolute atomic E-state index is 0.0662. The van der Waals surface area contributed by atoms with Gasteiger partial charge in [-0.1, -0.05) is 12.8 Å². The third kappa shape index (κ3) is 5.19. The van der Waals surface area contributed by atoms with Gasteiger partial charge in [-0.2, -0.15) is 0 Å². The van der Waals surface area contributed by atoms with Crippen LogP contribution in [0.1, 0.15) is 45.4 Å². The molecule has 0 spiro atoms. The number of nitrogens with zero attached hydrogens (tertiary/aromatic N) is 1. The van der Waals surface area contributed by atoms with E-state index in [1.54, 1.807) is 4.90 Å². The Morgan fingerprint density at radius 3 is 2.38 bits per heavy atom. The summed E-state index contributed by atoms with van der Waals surface area (Å²) < 4.78 is 4.98.